The molecule has 0 aliphatic rings. The van der Waals surface area contributed by atoms with Crippen molar-refractivity contribution in [1.82, 2.24) is 9.97 Å². The van der Waals surface area contributed by atoms with Gasteiger partial charge in [0.2, 0.25) is 0 Å². The molecule has 1 heterocycles. The summed E-state index contributed by atoms with van der Waals surface area (Å²) in [5, 5.41) is 0.653. The van der Waals surface area contributed by atoms with Crippen LogP contribution in [0.5, 0.6) is 0 Å². The third-order valence-electron chi connectivity index (χ3n) is 2.62. The van der Waals surface area contributed by atoms with Crippen LogP contribution in [-0.2, 0) is 0 Å². The molecule has 1 aromatic heterocycles. The van der Waals surface area contributed by atoms with Crippen LogP contribution < -0.4 is 5.73 Å². The molecule has 0 amide bonds. The Labute approximate surface area is 106 Å². The normalized spacial score (nSPS) is 12.5. The maximum Gasteiger partial charge on any atom is 0.160 e. The molecule has 0 saturated heterocycles. The van der Waals surface area contributed by atoms with Crippen molar-refractivity contribution in [3.05, 3.63) is 46.7 Å². The Hall–Kier alpha value is -1.45. The molecular weight excluding hydrogens is 234 g/mol. The second-order valence-corrected chi connectivity index (χ2v) is 4.41. The summed E-state index contributed by atoms with van der Waals surface area (Å²) in [6.07, 6.45) is 1.77. The highest BCUT2D eigenvalue weighted by molar-refractivity contribution is 6.33. The Morgan fingerprint density at radius 3 is 2.59 bits per heavy atom. The summed E-state index contributed by atoms with van der Waals surface area (Å²) in [6, 6.07) is 7.47. The van der Waals surface area contributed by atoms with Gasteiger partial charge < -0.3 is 5.73 Å². The van der Waals surface area contributed by atoms with Crippen LogP contribution in [0.2, 0.25) is 5.02 Å². The summed E-state index contributed by atoms with van der Waals surface area (Å²) in [7, 11) is 0. The SMILES string of the molecule is Cc1nc(-c2ccccc2Cl)ncc1C(C)N. The average molecular weight is 248 g/mol. The van der Waals surface area contributed by atoms with Crippen LogP contribution in [0.1, 0.15) is 24.2 Å². The third kappa shape index (κ3) is 2.46. The van der Waals surface area contributed by atoms with Gasteiger partial charge in [-0.15, -0.1) is 0 Å². The van der Waals surface area contributed by atoms with Gasteiger partial charge in [0.15, 0.2) is 5.82 Å². The first kappa shape index (κ1) is 12.0. The van der Waals surface area contributed by atoms with Crippen molar-refractivity contribution in [3.63, 3.8) is 0 Å². The smallest absolute Gasteiger partial charge is 0.160 e. The molecule has 1 atom stereocenters. The number of hydrogen-bond acceptors (Lipinski definition) is 3. The maximum atomic E-state index is 6.11. The van der Waals surface area contributed by atoms with Crippen molar-refractivity contribution < 1.29 is 0 Å². The predicted octanol–water partition coefficient (Wildman–Crippen LogP) is 3.13. The lowest BCUT2D eigenvalue weighted by atomic mass is 10.1. The van der Waals surface area contributed by atoms with Gasteiger partial charge in [0.1, 0.15) is 0 Å². The van der Waals surface area contributed by atoms with Crippen LogP contribution >= 0.6 is 11.6 Å². The van der Waals surface area contributed by atoms with Crippen molar-refractivity contribution in [1.29, 1.82) is 0 Å². The van der Waals surface area contributed by atoms with E-state index in [1.54, 1.807) is 6.20 Å². The Morgan fingerprint density at radius 1 is 1.29 bits per heavy atom. The average Bonchev–Trinajstić information content (AvgIpc) is 2.29. The molecule has 0 spiro atoms. The van der Waals surface area contributed by atoms with E-state index in [0.29, 0.717) is 10.8 Å². The van der Waals surface area contributed by atoms with Crippen molar-refractivity contribution >= 4 is 11.6 Å². The number of hydrogen-bond donors (Lipinski definition) is 1. The van der Waals surface area contributed by atoms with Crippen LogP contribution in [-0.4, -0.2) is 9.97 Å². The first-order valence-electron chi connectivity index (χ1n) is 5.43. The number of nitrogens with two attached hydrogens (primary N) is 1. The van der Waals surface area contributed by atoms with Crippen LogP contribution in [0.15, 0.2) is 30.5 Å². The van der Waals surface area contributed by atoms with Crippen LogP contribution in [0, 0.1) is 6.92 Å². The summed E-state index contributed by atoms with van der Waals surface area (Å²) in [6.45, 7) is 3.85. The Kier molecular flexibility index (Phi) is 3.41. The molecule has 2 rings (SSSR count). The number of halogens is 1. The summed E-state index contributed by atoms with van der Waals surface area (Å²) in [5.41, 5.74) is 8.52. The van der Waals surface area contributed by atoms with E-state index in [1.165, 1.54) is 0 Å². The largest absolute Gasteiger partial charge is 0.324 e. The van der Waals surface area contributed by atoms with E-state index in [1.807, 2.05) is 38.1 Å². The van der Waals surface area contributed by atoms with E-state index in [0.717, 1.165) is 16.8 Å². The van der Waals surface area contributed by atoms with E-state index < -0.39 is 0 Å². The molecule has 0 fully saturated rings. The van der Waals surface area contributed by atoms with Crippen molar-refractivity contribution in [2.75, 3.05) is 0 Å². The Morgan fingerprint density at radius 2 is 2.00 bits per heavy atom. The molecule has 2 N–H and O–H groups in total. The monoisotopic (exact) mass is 247 g/mol. The van der Waals surface area contributed by atoms with E-state index >= 15 is 0 Å². The number of nitrogens with zero attached hydrogens (tertiary/aromatic N) is 2. The van der Waals surface area contributed by atoms with Gasteiger partial charge >= 0.3 is 0 Å². The fourth-order valence-corrected chi connectivity index (χ4v) is 1.92. The van der Waals surface area contributed by atoms with E-state index in [-0.39, 0.29) is 6.04 Å². The van der Waals surface area contributed by atoms with Crippen molar-refractivity contribution in [3.8, 4) is 11.4 Å². The van der Waals surface area contributed by atoms with E-state index in [2.05, 4.69) is 9.97 Å². The topological polar surface area (TPSA) is 51.8 Å². The molecule has 4 heteroatoms. The zero-order valence-electron chi connectivity index (χ0n) is 9.81. The quantitative estimate of drug-likeness (QED) is 0.887. The molecule has 88 valence electrons. The lowest BCUT2D eigenvalue weighted by Gasteiger charge is -2.10. The third-order valence-corrected chi connectivity index (χ3v) is 2.95. The summed E-state index contributed by atoms with van der Waals surface area (Å²) < 4.78 is 0. The molecule has 1 unspecified atom stereocenters. The minimum atomic E-state index is -0.0599. The highest BCUT2D eigenvalue weighted by Gasteiger charge is 2.10. The molecule has 0 bridgehead atoms. The van der Waals surface area contributed by atoms with Gasteiger partial charge in [-0.1, -0.05) is 23.7 Å². The van der Waals surface area contributed by atoms with Crippen molar-refractivity contribution in [2.45, 2.75) is 19.9 Å². The fraction of sp³-hybridized carbons (Fsp3) is 0.231. The molecule has 0 saturated carbocycles. The molecule has 0 aliphatic heterocycles. The Bertz CT molecular complexity index is 538. The van der Waals surface area contributed by atoms with Gasteiger partial charge in [-0.25, -0.2) is 9.97 Å². The molecule has 2 aromatic rings. The number of benzene rings is 1. The molecule has 0 radical (unpaired) electrons. The lowest BCUT2D eigenvalue weighted by molar-refractivity contribution is 0.790. The standard InChI is InChI=1S/C13H14ClN3/c1-8(15)11-7-16-13(17-9(11)2)10-5-3-4-6-12(10)14/h3-8H,15H2,1-2H3. The second-order valence-electron chi connectivity index (χ2n) is 4.00. The zero-order chi connectivity index (χ0) is 12.4. The minimum absolute atomic E-state index is 0.0599. The van der Waals surface area contributed by atoms with Crippen molar-refractivity contribution in [2.24, 2.45) is 5.73 Å². The number of rotatable bonds is 2. The van der Waals surface area contributed by atoms with Crippen LogP contribution in [0.4, 0.5) is 0 Å². The van der Waals surface area contributed by atoms with Gasteiger partial charge in [0.25, 0.3) is 0 Å². The van der Waals surface area contributed by atoms with Gasteiger partial charge in [0.05, 0.1) is 5.02 Å². The first-order chi connectivity index (χ1) is 8.09. The number of aromatic nitrogens is 2. The molecule has 1 aromatic carbocycles. The van der Waals surface area contributed by atoms with Gasteiger partial charge in [-0.2, -0.15) is 0 Å². The summed E-state index contributed by atoms with van der Waals surface area (Å²) in [5.74, 6) is 0.637. The number of aryl methyl sites for hydroxylation is 1. The lowest BCUT2D eigenvalue weighted by Crippen LogP contribution is -2.09. The zero-order valence-corrected chi connectivity index (χ0v) is 10.6. The highest BCUT2D eigenvalue weighted by Crippen LogP contribution is 2.25. The predicted molar refractivity (Wildman–Crippen MR) is 69.8 cm³/mol. The summed E-state index contributed by atoms with van der Waals surface area (Å²) >= 11 is 6.11. The Balaban J connectivity index is 2.49. The molecule has 17 heavy (non-hydrogen) atoms. The van der Waals surface area contributed by atoms with Gasteiger partial charge in [-0.3, -0.25) is 0 Å². The minimum Gasteiger partial charge on any atom is -0.324 e. The first-order valence-corrected chi connectivity index (χ1v) is 5.81. The molecule has 3 nitrogen and oxygen atoms in total. The van der Waals surface area contributed by atoms with Crippen LogP contribution in [0.25, 0.3) is 11.4 Å². The van der Waals surface area contributed by atoms with Gasteiger partial charge in [0, 0.05) is 29.1 Å². The maximum absolute atomic E-state index is 6.11. The fourth-order valence-electron chi connectivity index (χ4n) is 1.70. The summed E-state index contributed by atoms with van der Waals surface area (Å²) in [4.78, 5) is 8.77. The second kappa shape index (κ2) is 4.82. The molecule has 0 aliphatic carbocycles. The van der Waals surface area contributed by atoms with E-state index in [4.69, 9.17) is 17.3 Å². The van der Waals surface area contributed by atoms with Crippen LogP contribution in [0.3, 0.4) is 0 Å². The van der Waals surface area contributed by atoms with E-state index in [9.17, 15) is 0 Å². The van der Waals surface area contributed by atoms with Gasteiger partial charge in [-0.05, 0) is 26.0 Å². The molecular formula is C13H14ClN3. The highest BCUT2D eigenvalue weighted by atomic mass is 35.5.